The van der Waals surface area contributed by atoms with Crippen LogP contribution in [0.3, 0.4) is 0 Å². The fraction of sp³-hybridized carbons (Fsp3) is 0.118. The zero-order valence-corrected chi connectivity index (χ0v) is 14.6. The van der Waals surface area contributed by atoms with Gasteiger partial charge in [0.1, 0.15) is 0 Å². The normalized spacial score (nSPS) is 10.0. The number of amides is 1. The molecule has 0 heterocycles. The topological polar surface area (TPSA) is 81.7 Å². The lowest BCUT2D eigenvalue weighted by atomic mass is 10.1. The van der Waals surface area contributed by atoms with Gasteiger partial charge < -0.3 is 14.8 Å². The van der Waals surface area contributed by atoms with Gasteiger partial charge in [0, 0.05) is 5.69 Å². The average Bonchev–Trinajstić information content (AvgIpc) is 2.62. The van der Waals surface area contributed by atoms with E-state index >= 15 is 0 Å². The molecule has 2 aromatic rings. The van der Waals surface area contributed by atoms with E-state index in [2.05, 4.69) is 10.1 Å². The molecule has 2 aromatic carbocycles. The van der Waals surface area contributed by atoms with Crippen LogP contribution in [0.4, 0.5) is 5.69 Å². The third-order valence-electron chi connectivity index (χ3n) is 3.08. The van der Waals surface area contributed by atoms with Gasteiger partial charge in [-0.3, -0.25) is 4.79 Å². The van der Waals surface area contributed by atoms with Crippen LogP contribution in [0.5, 0.6) is 0 Å². The van der Waals surface area contributed by atoms with E-state index in [1.54, 1.807) is 6.07 Å². The molecule has 0 spiro atoms. The summed E-state index contributed by atoms with van der Waals surface area (Å²) in [6.45, 7) is -0.474. The number of halogens is 2. The molecular weight excluding hydrogens is 369 g/mol. The predicted molar refractivity (Wildman–Crippen MR) is 93.2 cm³/mol. The lowest BCUT2D eigenvalue weighted by Gasteiger charge is -2.08. The van der Waals surface area contributed by atoms with Crippen LogP contribution in [0.2, 0.25) is 10.0 Å². The summed E-state index contributed by atoms with van der Waals surface area (Å²) < 4.78 is 9.48. The van der Waals surface area contributed by atoms with Crippen LogP contribution in [-0.2, 0) is 14.3 Å². The molecule has 8 heteroatoms. The molecule has 0 bridgehead atoms. The summed E-state index contributed by atoms with van der Waals surface area (Å²) in [7, 11) is 1.26. The zero-order chi connectivity index (χ0) is 18.4. The van der Waals surface area contributed by atoms with Crippen LogP contribution in [0.1, 0.15) is 20.7 Å². The molecule has 0 radical (unpaired) electrons. The van der Waals surface area contributed by atoms with Crippen molar-refractivity contribution in [2.24, 2.45) is 0 Å². The Kier molecular flexibility index (Phi) is 6.38. The summed E-state index contributed by atoms with van der Waals surface area (Å²) in [6.07, 6.45) is 0. The van der Waals surface area contributed by atoms with Gasteiger partial charge in [0.2, 0.25) is 0 Å². The Morgan fingerprint density at radius 2 is 1.52 bits per heavy atom. The molecule has 1 N–H and O–H groups in total. The molecule has 2 rings (SSSR count). The van der Waals surface area contributed by atoms with Crippen LogP contribution < -0.4 is 5.32 Å². The molecule has 0 saturated carbocycles. The molecular formula is C17H13Cl2NO5. The number of hydrogen-bond donors (Lipinski definition) is 1. The van der Waals surface area contributed by atoms with E-state index < -0.39 is 24.5 Å². The smallest absolute Gasteiger partial charge is 0.338 e. The SMILES string of the molecule is COC(=O)c1ccc(C(=O)OCC(=O)Nc2ccc(Cl)c(Cl)c2)cc1. The van der Waals surface area contributed by atoms with Gasteiger partial charge >= 0.3 is 11.9 Å². The van der Waals surface area contributed by atoms with Crippen molar-refractivity contribution in [1.82, 2.24) is 0 Å². The van der Waals surface area contributed by atoms with Crippen molar-refractivity contribution in [3.63, 3.8) is 0 Å². The van der Waals surface area contributed by atoms with Crippen LogP contribution in [0.25, 0.3) is 0 Å². The molecule has 25 heavy (non-hydrogen) atoms. The summed E-state index contributed by atoms with van der Waals surface area (Å²) in [5.41, 5.74) is 0.935. The fourth-order valence-corrected chi connectivity index (χ4v) is 2.14. The van der Waals surface area contributed by atoms with Crippen molar-refractivity contribution in [3.05, 3.63) is 63.6 Å². The highest BCUT2D eigenvalue weighted by molar-refractivity contribution is 6.42. The van der Waals surface area contributed by atoms with Gasteiger partial charge in [-0.1, -0.05) is 23.2 Å². The number of nitrogens with one attached hydrogen (secondary N) is 1. The molecule has 6 nitrogen and oxygen atoms in total. The Morgan fingerprint density at radius 1 is 0.920 bits per heavy atom. The first-order valence-corrected chi connectivity index (χ1v) is 7.76. The van der Waals surface area contributed by atoms with Gasteiger partial charge in [-0.05, 0) is 42.5 Å². The first-order chi connectivity index (χ1) is 11.9. The minimum atomic E-state index is -0.694. The number of rotatable bonds is 5. The van der Waals surface area contributed by atoms with Crippen LogP contribution in [0.15, 0.2) is 42.5 Å². The third kappa shape index (κ3) is 5.20. The summed E-state index contributed by atoms with van der Waals surface area (Å²) in [6, 6.07) is 10.3. The Balaban J connectivity index is 1.89. The summed E-state index contributed by atoms with van der Waals surface area (Å²) in [5, 5.41) is 3.18. The quantitative estimate of drug-likeness (QED) is 0.800. The largest absolute Gasteiger partial charge is 0.465 e. The molecule has 1 amide bonds. The van der Waals surface area contributed by atoms with E-state index in [-0.39, 0.29) is 5.56 Å². The van der Waals surface area contributed by atoms with Crippen LogP contribution >= 0.6 is 23.2 Å². The molecule has 0 atom stereocenters. The second-order valence-electron chi connectivity index (χ2n) is 4.82. The molecule has 130 valence electrons. The van der Waals surface area contributed by atoms with Crippen molar-refractivity contribution in [2.75, 3.05) is 19.0 Å². The standard InChI is InChI=1S/C17H13Cl2NO5/c1-24-16(22)10-2-4-11(5-3-10)17(23)25-9-15(21)20-12-6-7-13(18)14(19)8-12/h2-8H,9H2,1H3,(H,20,21). The highest BCUT2D eigenvalue weighted by Gasteiger charge is 2.12. The maximum absolute atomic E-state index is 11.9. The summed E-state index contributed by atoms with van der Waals surface area (Å²) in [5.74, 6) is -1.74. The molecule has 0 aromatic heterocycles. The molecule has 0 fully saturated rings. The van der Waals surface area contributed by atoms with Gasteiger partial charge in [0.25, 0.3) is 5.91 Å². The minimum Gasteiger partial charge on any atom is -0.465 e. The Bertz CT molecular complexity index is 805. The highest BCUT2D eigenvalue weighted by Crippen LogP contribution is 2.24. The predicted octanol–water partition coefficient (Wildman–Crippen LogP) is 3.58. The van der Waals surface area contributed by atoms with E-state index in [4.69, 9.17) is 27.9 Å². The average molecular weight is 382 g/mol. The molecule has 0 saturated heterocycles. The van der Waals surface area contributed by atoms with Crippen molar-refractivity contribution >= 4 is 46.7 Å². The second kappa shape index (κ2) is 8.50. The second-order valence-corrected chi connectivity index (χ2v) is 5.64. The van der Waals surface area contributed by atoms with Gasteiger partial charge in [0.05, 0.1) is 28.3 Å². The van der Waals surface area contributed by atoms with Gasteiger partial charge in [-0.25, -0.2) is 9.59 Å². The first kappa shape index (κ1) is 18.8. The third-order valence-corrected chi connectivity index (χ3v) is 3.82. The van der Waals surface area contributed by atoms with E-state index in [1.807, 2.05) is 0 Å². The highest BCUT2D eigenvalue weighted by atomic mass is 35.5. The maximum atomic E-state index is 11.9. The van der Waals surface area contributed by atoms with E-state index in [9.17, 15) is 14.4 Å². The van der Waals surface area contributed by atoms with Gasteiger partial charge in [-0.15, -0.1) is 0 Å². The molecule has 0 unspecified atom stereocenters. The van der Waals surface area contributed by atoms with E-state index in [1.165, 1.54) is 43.5 Å². The number of benzene rings is 2. The number of methoxy groups -OCH3 is 1. The van der Waals surface area contributed by atoms with Gasteiger partial charge in [-0.2, -0.15) is 0 Å². The van der Waals surface area contributed by atoms with Crippen molar-refractivity contribution < 1.29 is 23.9 Å². The monoisotopic (exact) mass is 381 g/mol. The number of hydrogen-bond acceptors (Lipinski definition) is 5. The molecule has 0 aliphatic rings. The van der Waals surface area contributed by atoms with E-state index in [0.717, 1.165) is 0 Å². The molecule has 0 aliphatic heterocycles. The Labute approximate surface area is 153 Å². The summed E-state index contributed by atoms with van der Waals surface area (Å²) in [4.78, 5) is 35.0. The van der Waals surface area contributed by atoms with Crippen molar-refractivity contribution in [1.29, 1.82) is 0 Å². The first-order valence-electron chi connectivity index (χ1n) is 7.01. The maximum Gasteiger partial charge on any atom is 0.338 e. The minimum absolute atomic E-state index is 0.204. The number of anilines is 1. The van der Waals surface area contributed by atoms with Crippen LogP contribution in [0, 0.1) is 0 Å². The van der Waals surface area contributed by atoms with E-state index in [0.29, 0.717) is 21.3 Å². The lowest BCUT2D eigenvalue weighted by molar-refractivity contribution is -0.119. The van der Waals surface area contributed by atoms with Gasteiger partial charge in [0.15, 0.2) is 6.61 Å². The number of ether oxygens (including phenoxy) is 2. The number of esters is 2. The fourth-order valence-electron chi connectivity index (χ4n) is 1.85. The summed E-state index contributed by atoms with van der Waals surface area (Å²) >= 11 is 11.6. The Hall–Kier alpha value is -2.57. The van der Waals surface area contributed by atoms with Crippen molar-refractivity contribution in [3.8, 4) is 0 Å². The van der Waals surface area contributed by atoms with Crippen molar-refractivity contribution in [2.45, 2.75) is 0 Å². The Morgan fingerprint density at radius 3 is 2.08 bits per heavy atom. The van der Waals surface area contributed by atoms with Crippen LogP contribution in [-0.4, -0.2) is 31.6 Å². The number of carbonyl (C=O) groups is 3. The molecule has 0 aliphatic carbocycles. The lowest BCUT2D eigenvalue weighted by Crippen LogP contribution is -2.21. The zero-order valence-electron chi connectivity index (χ0n) is 13.0. The number of carbonyl (C=O) groups excluding carboxylic acids is 3.